The van der Waals surface area contributed by atoms with Crippen molar-refractivity contribution in [1.29, 1.82) is 0 Å². The Morgan fingerprint density at radius 1 is 1.35 bits per heavy atom. The monoisotopic (exact) mass is 447 g/mol. The van der Waals surface area contributed by atoms with Crippen LogP contribution in [0.25, 0.3) is 0 Å². The number of hydrogen-bond donors (Lipinski definition) is 4. The molecule has 168 valence electrons. The van der Waals surface area contributed by atoms with Gasteiger partial charge in [0.25, 0.3) is 0 Å². The van der Waals surface area contributed by atoms with Crippen LogP contribution in [0.15, 0.2) is 34.9 Å². The maximum atomic E-state index is 12.5. The quantitative estimate of drug-likeness (QED) is 0.416. The van der Waals surface area contributed by atoms with Crippen LogP contribution in [0.3, 0.4) is 0 Å². The molecule has 3 aliphatic heterocycles. The first kappa shape index (κ1) is 22.1. The molecule has 31 heavy (non-hydrogen) atoms. The van der Waals surface area contributed by atoms with Crippen molar-refractivity contribution in [2.24, 2.45) is 17.6 Å². The van der Waals surface area contributed by atoms with Gasteiger partial charge in [0.1, 0.15) is 18.1 Å². The first-order chi connectivity index (χ1) is 14.9. The van der Waals surface area contributed by atoms with Crippen LogP contribution >= 0.6 is 11.8 Å². The molecular weight excluding hydrogens is 418 g/mol. The van der Waals surface area contributed by atoms with Crippen molar-refractivity contribution in [3.63, 3.8) is 0 Å². The molecule has 2 saturated heterocycles. The van der Waals surface area contributed by atoms with Crippen molar-refractivity contribution in [3.05, 3.63) is 40.4 Å². The minimum absolute atomic E-state index is 0.0401. The molecule has 1 aromatic rings. The number of carboxylic acid groups (broad SMARTS) is 1. The van der Waals surface area contributed by atoms with Crippen LogP contribution in [0.1, 0.15) is 25.3 Å². The first-order valence-corrected chi connectivity index (χ1v) is 11.6. The van der Waals surface area contributed by atoms with Gasteiger partial charge in [-0.3, -0.25) is 4.79 Å². The summed E-state index contributed by atoms with van der Waals surface area (Å²) in [6.07, 6.45) is 1.24. The Balaban J connectivity index is 1.36. The third-order valence-corrected chi connectivity index (χ3v) is 7.90. The second kappa shape index (κ2) is 9.20. The maximum absolute atomic E-state index is 12.5. The van der Waals surface area contributed by atoms with Crippen LogP contribution in [0.4, 0.5) is 0 Å². The number of nitrogens with one attached hydrogen (secondary N) is 1. The number of nitrogens with zero attached hydrogens (tertiary/aromatic N) is 1. The molecule has 2 fully saturated rings. The highest BCUT2D eigenvalue weighted by Gasteiger charge is 2.58. The van der Waals surface area contributed by atoms with Crippen molar-refractivity contribution in [3.8, 4) is 5.75 Å². The molecule has 9 heteroatoms. The van der Waals surface area contributed by atoms with Gasteiger partial charge in [-0.15, -0.1) is 11.8 Å². The number of carbonyl (C=O) groups is 2. The average Bonchev–Trinajstić information content (AvgIpc) is 3.32. The normalized spacial score (nSPS) is 29.8. The molecule has 0 radical (unpaired) electrons. The van der Waals surface area contributed by atoms with Crippen molar-refractivity contribution >= 4 is 23.6 Å². The Hall–Kier alpha value is -2.07. The summed E-state index contributed by atoms with van der Waals surface area (Å²) in [7, 11) is 0. The van der Waals surface area contributed by atoms with E-state index in [0.717, 1.165) is 29.2 Å². The smallest absolute Gasteiger partial charge is 0.353 e. The molecule has 0 spiro atoms. The zero-order valence-corrected chi connectivity index (χ0v) is 18.3. The summed E-state index contributed by atoms with van der Waals surface area (Å²) in [5.74, 6) is -0.773. The topological polar surface area (TPSA) is 125 Å². The molecular formula is C22H29N3O5S. The van der Waals surface area contributed by atoms with Gasteiger partial charge in [0.15, 0.2) is 0 Å². The number of aliphatic carboxylic acids is 1. The number of carbonyl (C=O) groups excluding carboxylic acids is 1. The van der Waals surface area contributed by atoms with Gasteiger partial charge in [-0.05, 0) is 30.5 Å². The molecule has 0 aliphatic carbocycles. The zero-order valence-electron chi connectivity index (χ0n) is 17.5. The number of rotatable bonds is 9. The number of β-lactam (4-membered cyclic amide) rings is 1. The minimum Gasteiger partial charge on any atom is -0.492 e. The van der Waals surface area contributed by atoms with E-state index in [4.69, 9.17) is 10.5 Å². The van der Waals surface area contributed by atoms with Crippen LogP contribution in [0.5, 0.6) is 5.75 Å². The van der Waals surface area contributed by atoms with Gasteiger partial charge in [0, 0.05) is 41.8 Å². The predicted molar refractivity (Wildman–Crippen MR) is 117 cm³/mol. The van der Waals surface area contributed by atoms with Gasteiger partial charge in [-0.1, -0.05) is 19.1 Å². The third-order valence-electron chi connectivity index (χ3n) is 6.39. The van der Waals surface area contributed by atoms with Gasteiger partial charge in [-0.25, -0.2) is 4.79 Å². The summed E-state index contributed by atoms with van der Waals surface area (Å²) < 4.78 is 5.89. The van der Waals surface area contributed by atoms with E-state index in [9.17, 15) is 19.8 Å². The number of ether oxygens (including phenoxy) is 1. The Bertz CT molecular complexity index is 874. The number of hydrogen-bond acceptors (Lipinski definition) is 7. The summed E-state index contributed by atoms with van der Waals surface area (Å²) in [4.78, 5) is 26.6. The van der Waals surface area contributed by atoms with Crippen LogP contribution in [-0.4, -0.2) is 64.1 Å². The molecule has 3 aliphatic rings. The average molecular weight is 448 g/mol. The number of fused-ring (bicyclic) bond motifs is 1. The summed E-state index contributed by atoms with van der Waals surface area (Å²) in [6, 6.07) is 7.75. The number of carboxylic acids is 1. The predicted octanol–water partition coefficient (Wildman–Crippen LogP) is 1.14. The molecule has 5 N–H and O–H groups in total. The number of thioether (sulfide) groups is 1. The Morgan fingerprint density at radius 2 is 2.10 bits per heavy atom. The third kappa shape index (κ3) is 4.19. The zero-order chi connectivity index (χ0) is 22.1. The largest absolute Gasteiger partial charge is 0.492 e. The Kier molecular flexibility index (Phi) is 6.57. The van der Waals surface area contributed by atoms with E-state index in [1.165, 1.54) is 4.90 Å². The van der Waals surface area contributed by atoms with Gasteiger partial charge in [-0.2, -0.15) is 0 Å². The van der Waals surface area contributed by atoms with Gasteiger partial charge < -0.3 is 30.9 Å². The number of amides is 1. The van der Waals surface area contributed by atoms with E-state index in [1.807, 2.05) is 31.2 Å². The van der Waals surface area contributed by atoms with Crippen LogP contribution in [-0.2, 0) is 16.1 Å². The van der Waals surface area contributed by atoms with E-state index >= 15 is 0 Å². The van der Waals surface area contributed by atoms with E-state index in [2.05, 4.69) is 5.32 Å². The first-order valence-electron chi connectivity index (χ1n) is 10.7. The highest BCUT2D eigenvalue weighted by atomic mass is 32.2. The molecule has 0 saturated carbocycles. The van der Waals surface area contributed by atoms with Crippen molar-refractivity contribution in [1.82, 2.24) is 10.2 Å². The fourth-order valence-electron chi connectivity index (χ4n) is 4.79. The van der Waals surface area contributed by atoms with E-state index < -0.39 is 5.97 Å². The van der Waals surface area contributed by atoms with Crippen LogP contribution in [0, 0.1) is 11.8 Å². The Labute approximate surface area is 185 Å². The number of benzene rings is 1. The maximum Gasteiger partial charge on any atom is 0.353 e. The molecule has 3 heterocycles. The van der Waals surface area contributed by atoms with Gasteiger partial charge in [0.2, 0.25) is 5.91 Å². The van der Waals surface area contributed by atoms with E-state index in [0.29, 0.717) is 19.6 Å². The lowest BCUT2D eigenvalue weighted by Crippen LogP contribution is -2.60. The van der Waals surface area contributed by atoms with E-state index in [1.54, 1.807) is 11.8 Å². The van der Waals surface area contributed by atoms with Crippen molar-refractivity contribution in [2.45, 2.75) is 43.6 Å². The molecule has 8 nitrogen and oxygen atoms in total. The summed E-state index contributed by atoms with van der Waals surface area (Å²) in [5.41, 5.74) is 6.80. The lowest BCUT2D eigenvalue weighted by molar-refractivity contribution is -0.157. The number of aliphatic hydroxyl groups is 1. The molecule has 5 atom stereocenters. The SMILES string of the molecule is C[C@H]1C(S[C@@H]2CNC(COc3ccc(CN)cc3)C2)=C(C(=O)O)N2C(=O)[C@@H](CCO)[C@H]12. The fourth-order valence-corrected chi connectivity index (χ4v) is 6.31. The standard InChI is InChI=1S/C22H29N3O5S/c1-12-18-17(6-7-26)21(27)25(18)19(22(28)29)20(12)31-16-8-14(24-10-16)11-30-15-4-2-13(9-23)3-5-15/h2-5,12,14,16-18,24,26H,6-11,23H2,1H3,(H,28,29)/t12-,14?,16+,17+,18+/m1/s1. The number of nitrogens with two attached hydrogens (primary N) is 1. The Morgan fingerprint density at radius 3 is 2.74 bits per heavy atom. The summed E-state index contributed by atoms with van der Waals surface area (Å²) >= 11 is 1.57. The highest BCUT2D eigenvalue weighted by Crippen LogP contribution is 2.51. The summed E-state index contributed by atoms with van der Waals surface area (Å²) in [5, 5.41) is 22.7. The minimum atomic E-state index is -1.06. The van der Waals surface area contributed by atoms with Crippen LogP contribution in [0.2, 0.25) is 0 Å². The fraction of sp³-hybridized carbons (Fsp3) is 0.545. The van der Waals surface area contributed by atoms with Crippen molar-refractivity contribution < 1.29 is 24.5 Å². The molecule has 1 amide bonds. The summed E-state index contributed by atoms with van der Waals surface area (Å²) in [6.45, 7) is 3.71. The van der Waals surface area contributed by atoms with Crippen LogP contribution < -0.4 is 15.8 Å². The van der Waals surface area contributed by atoms with Gasteiger partial charge >= 0.3 is 5.97 Å². The molecule has 1 aromatic carbocycles. The van der Waals surface area contributed by atoms with Gasteiger partial charge in [0.05, 0.1) is 12.0 Å². The highest BCUT2D eigenvalue weighted by molar-refractivity contribution is 8.03. The molecule has 0 aromatic heterocycles. The van der Waals surface area contributed by atoms with E-state index in [-0.39, 0.29) is 47.4 Å². The second-order valence-electron chi connectivity index (χ2n) is 8.36. The second-order valence-corrected chi connectivity index (χ2v) is 9.71. The molecule has 0 bridgehead atoms. The molecule has 1 unspecified atom stereocenters. The lowest BCUT2D eigenvalue weighted by atomic mass is 9.80. The van der Waals surface area contributed by atoms with Crippen molar-refractivity contribution in [2.75, 3.05) is 19.8 Å². The lowest BCUT2D eigenvalue weighted by Gasteiger charge is -2.45. The molecule has 4 rings (SSSR count). The number of aliphatic hydroxyl groups excluding tert-OH is 1.